The summed E-state index contributed by atoms with van der Waals surface area (Å²) in [5.74, 6) is 2.44. The molecule has 200 valence electrons. The Balaban J connectivity index is 1.45. The molecule has 0 fully saturated rings. The molecule has 3 aliphatic rings. The quantitative estimate of drug-likeness (QED) is 0.256. The number of hydrogen-bond donors (Lipinski definition) is 0. The fraction of sp³-hybridized carbons (Fsp3) is 0.241. The van der Waals surface area contributed by atoms with Gasteiger partial charge in [0.15, 0.2) is 28.8 Å². The van der Waals surface area contributed by atoms with Crippen molar-refractivity contribution in [3.63, 3.8) is 0 Å². The van der Waals surface area contributed by atoms with Gasteiger partial charge in [0.05, 0.1) is 40.4 Å². The van der Waals surface area contributed by atoms with E-state index in [9.17, 15) is 9.59 Å². The van der Waals surface area contributed by atoms with Gasteiger partial charge in [-0.2, -0.15) is 0 Å². The summed E-state index contributed by atoms with van der Waals surface area (Å²) in [6, 6.07) is 10.2. The third kappa shape index (κ3) is 3.96. The summed E-state index contributed by atoms with van der Waals surface area (Å²) in [5.41, 5.74) is 2.24. The van der Waals surface area contributed by atoms with Crippen molar-refractivity contribution in [2.24, 2.45) is 0 Å². The standard InChI is InChI=1S/C29H24O10/c1-32-19-12-21(34-3)20(33-2)9-15(19)10-22-27(31)16-5-6-18-26(28(16)39-22)17(11-25(30)38-18)14-7-23(35-4)29-24(8-14)36-13-37-29/h5-10,12,17H,11,13H2,1-4H3. The average molecular weight is 533 g/mol. The Labute approximate surface area is 223 Å². The Morgan fingerprint density at radius 2 is 1.51 bits per heavy atom. The minimum Gasteiger partial charge on any atom is -0.496 e. The Morgan fingerprint density at radius 1 is 0.769 bits per heavy atom. The highest BCUT2D eigenvalue weighted by atomic mass is 16.7. The molecular weight excluding hydrogens is 508 g/mol. The van der Waals surface area contributed by atoms with Crippen molar-refractivity contribution >= 4 is 17.8 Å². The third-order valence-corrected chi connectivity index (χ3v) is 6.89. The smallest absolute Gasteiger partial charge is 0.312 e. The summed E-state index contributed by atoms with van der Waals surface area (Å²) in [6.45, 7) is 0.0687. The number of esters is 1. The number of hydrogen-bond acceptors (Lipinski definition) is 10. The molecule has 10 nitrogen and oxygen atoms in total. The van der Waals surface area contributed by atoms with Gasteiger partial charge in [0, 0.05) is 23.1 Å². The van der Waals surface area contributed by atoms with Gasteiger partial charge in [0.2, 0.25) is 18.3 Å². The van der Waals surface area contributed by atoms with Gasteiger partial charge in [0.25, 0.3) is 0 Å². The summed E-state index contributed by atoms with van der Waals surface area (Å²) in [4.78, 5) is 26.1. The molecule has 10 heteroatoms. The van der Waals surface area contributed by atoms with Gasteiger partial charge < -0.3 is 37.9 Å². The zero-order valence-electron chi connectivity index (χ0n) is 21.6. The largest absolute Gasteiger partial charge is 0.496 e. The van der Waals surface area contributed by atoms with Crippen LogP contribution in [0.25, 0.3) is 6.08 Å². The number of Topliss-reactive ketones (excluding diaryl/α,β-unsaturated/α-hetero) is 1. The summed E-state index contributed by atoms with van der Waals surface area (Å²) < 4.78 is 44.6. The molecule has 0 N–H and O–H groups in total. The summed E-state index contributed by atoms with van der Waals surface area (Å²) in [5, 5.41) is 0. The zero-order valence-corrected chi connectivity index (χ0v) is 21.6. The molecule has 3 aromatic rings. The minimum atomic E-state index is -0.484. The maximum Gasteiger partial charge on any atom is 0.312 e. The van der Waals surface area contributed by atoms with Crippen LogP contribution in [0.3, 0.4) is 0 Å². The highest BCUT2D eigenvalue weighted by Crippen LogP contribution is 2.52. The Bertz CT molecular complexity index is 1550. The fourth-order valence-corrected chi connectivity index (χ4v) is 5.05. The first-order valence-electron chi connectivity index (χ1n) is 12.0. The topological polar surface area (TPSA) is 108 Å². The lowest BCUT2D eigenvalue weighted by Gasteiger charge is -2.26. The van der Waals surface area contributed by atoms with Crippen LogP contribution < -0.4 is 37.9 Å². The van der Waals surface area contributed by atoms with Crippen molar-refractivity contribution < 1.29 is 47.5 Å². The molecule has 1 atom stereocenters. The van der Waals surface area contributed by atoms with E-state index >= 15 is 0 Å². The van der Waals surface area contributed by atoms with Gasteiger partial charge in [-0.3, -0.25) is 9.59 Å². The zero-order chi connectivity index (χ0) is 27.3. The molecule has 3 aromatic carbocycles. The number of benzene rings is 3. The SMILES string of the molecule is COc1cc(OC)c(OC)cc1C=C1Oc2c(ccc3c2C(c2cc(OC)c4c(c2)OCO4)CC(=O)O3)C1=O. The van der Waals surface area contributed by atoms with E-state index in [0.717, 1.165) is 5.56 Å². The molecular formula is C29H24O10. The number of carbonyl (C=O) groups excluding carboxylic acids is 2. The van der Waals surface area contributed by atoms with Crippen LogP contribution >= 0.6 is 0 Å². The normalized spacial score (nSPS) is 17.7. The van der Waals surface area contributed by atoms with Crippen molar-refractivity contribution in [3.8, 4) is 46.0 Å². The predicted octanol–water partition coefficient (Wildman–Crippen LogP) is 4.51. The minimum absolute atomic E-state index is 0.0341. The number of methoxy groups -OCH3 is 4. The molecule has 6 rings (SSSR count). The second kappa shape index (κ2) is 9.46. The molecule has 0 saturated carbocycles. The van der Waals surface area contributed by atoms with Gasteiger partial charge in [-0.1, -0.05) is 0 Å². The lowest BCUT2D eigenvalue weighted by Crippen LogP contribution is -2.21. The fourth-order valence-electron chi connectivity index (χ4n) is 5.05. The lowest BCUT2D eigenvalue weighted by atomic mass is 9.84. The van der Waals surface area contributed by atoms with Gasteiger partial charge in [-0.15, -0.1) is 0 Å². The molecule has 0 aromatic heterocycles. The first-order chi connectivity index (χ1) is 18.9. The van der Waals surface area contributed by atoms with Crippen LogP contribution in [0.1, 0.15) is 39.4 Å². The first-order valence-corrected chi connectivity index (χ1v) is 12.0. The number of ether oxygens (including phenoxy) is 8. The molecule has 3 heterocycles. The summed E-state index contributed by atoms with van der Waals surface area (Å²) in [6.07, 6.45) is 1.62. The van der Waals surface area contributed by atoms with E-state index in [1.54, 1.807) is 42.5 Å². The van der Waals surface area contributed by atoms with E-state index in [4.69, 9.17) is 37.9 Å². The number of allylic oxidation sites excluding steroid dienone is 1. The second-order valence-electron chi connectivity index (χ2n) is 8.93. The lowest BCUT2D eigenvalue weighted by molar-refractivity contribution is -0.135. The summed E-state index contributed by atoms with van der Waals surface area (Å²) >= 11 is 0. The van der Waals surface area contributed by atoms with E-state index in [1.165, 1.54) is 28.4 Å². The van der Waals surface area contributed by atoms with Crippen molar-refractivity contribution in [1.29, 1.82) is 0 Å². The Hall–Kier alpha value is -4.86. The molecule has 0 spiro atoms. The molecule has 1 unspecified atom stereocenters. The molecule has 39 heavy (non-hydrogen) atoms. The van der Waals surface area contributed by atoms with Crippen molar-refractivity contribution in [2.75, 3.05) is 35.2 Å². The van der Waals surface area contributed by atoms with Crippen LogP contribution in [0.15, 0.2) is 42.2 Å². The van der Waals surface area contributed by atoms with E-state index in [-0.39, 0.29) is 24.8 Å². The van der Waals surface area contributed by atoms with Crippen LogP contribution in [-0.2, 0) is 4.79 Å². The maximum absolute atomic E-state index is 13.5. The maximum atomic E-state index is 13.5. The van der Waals surface area contributed by atoms with Crippen molar-refractivity contribution in [3.05, 3.63) is 64.4 Å². The van der Waals surface area contributed by atoms with Gasteiger partial charge in [0.1, 0.15) is 17.2 Å². The van der Waals surface area contributed by atoms with E-state index in [1.807, 2.05) is 0 Å². The Kier molecular flexibility index (Phi) is 5.94. The molecule has 0 radical (unpaired) electrons. The highest BCUT2D eigenvalue weighted by molar-refractivity contribution is 6.15. The van der Waals surface area contributed by atoms with E-state index in [2.05, 4.69) is 0 Å². The van der Waals surface area contributed by atoms with Crippen LogP contribution in [0, 0.1) is 0 Å². The van der Waals surface area contributed by atoms with Crippen LogP contribution in [0.5, 0.6) is 46.0 Å². The summed E-state index contributed by atoms with van der Waals surface area (Å²) in [7, 11) is 6.10. The molecule has 0 amide bonds. The number of rotatable bonds is 6. The molecule has 0 aliphatic carbocycles. The van der Waals surface area contributed by atoms with E-state index in [0.29, 0.717) is 62.7 Å². The third-order valence-electron chi connectivity index (χ3n) is 6.89. The van der Waals surface area contributed by atoms with Gasteiger partial charge in [-0.25, -0.2) is 0 Å². The average Bonchev–Trinajstić information content (AvgIpc) is 3.55. The van der Waals surface area contributed by atoms with Crippen molar-refractivity contribution in [1.82, 2.24) is 0 Å². The molecule has 0 bridgehead atoms. The van der Waals surface area contributed by atoms with Crippen LogP contribution in [0.2, 0.25) is 0 Å². The monoisotopic (exact) mass is 532 g/mol. The highest BCUT2D eigenvalue weighted by Gasteiger charge is 2.39. The van der Waals surface area contributed by atoms with Gasteiger partial charge >= 0.3 is 5.97 Å². The van der Waals surface area contributed by atoms with Crippen LogP contribution in [0.4, 0.5) is 0 Å². The first kappa shape index (κ1) is 24.5. The van der Waals surface area contributed by atoms with Crippen molar-refractivity contribution in [2.45, 2.75) is 12.3 Å². The second-order valence-corrected chi connectivity index (χ2v) is 8.93. The number of fused-ring (bicyclic) bond motifs is 4. The predicted molar refractivity (Wildman–Crippen MR) is 137 cm³/mol. The van der Waals surface area contributed by atoms with Crippen LogP contribution in [-0.4, -0.2) is 47.0 Å². The Morgan fingerprint density at radius 3 is 2.26 bits per heavy atom. The number of carbonyl (C=O) groups is 2. The molecule has 0 saturated heterocycles. The van der Waals surface area contributed by atoms with Gasteiger partial charge in [-0.05, 0) is 42.0 Å². The number of ketones is 1. The van der Waals surface area contributed by atoms with E-state index < -0.39 is 11.9 Å². The molecule has 3 aliphatic heterocycles.